The molecule has 0 radical (unpaired) electrons. The lowest BCUT2D eigenvalue weighted by Crippen LogP contribution is -2.50. The van der Waals surface area contributed by atoms with Crippen LogP contribution in [0.5, 0.6) is 0 Å². The molecule has 3 rings (SSSR count). The van der Waals surface area contributed by atoms with Crippen molar-refractivity contribution in [2.45, 2.75) is 64.3 Å². The van der Waals surface area contributed by atoms with Crippen molar-refractivity contribution in [2.75, 3.05) is 13.1 Å². The highest BCUT2D eigenvalue weighted by Crippen LogP contribution is 2.53. The van der Waals surface area contributed by atoms with Gasteiger partial charge >= 0.3 is 6.09 Å². The van der Waals surface area contributed by atoms with Gasteiger partial charge in [0, 0.05) is 18.5 Å². The lowest BCUT2D eigenvalue weighted by atomic mass is 9.70. The van der Waals surface area contributed by atoms with E-state index in [-0.39, 0.29) is 6.09 Å². The quantitative estimate of drug-likeness (QED) is 0.719. The number of ether oxygens (including phenoxy) is 1. The summed E-state index contributed by atoms with van der Waals surface area (Å²) in [6.07, 6.45) is 5.42. The molecule has 5 heteroatoms. The first kappa shape index (κ1) is 16.5. The molecule has 5 nitrogen and oxygen atoms in total. The summed E-state index contributed by atoms with van der Waals surface area (Å²) in [5.74, 6) is 0. The molecule has 3 aliphatic rings. The highest BCUT2D eigenvalue weighted by molar-refractivity contribution is 5.68. The van der Waals surface area contributed by atoms with Gasteiger partial charge in [-0.05, 0) is 57.6 Å². The molecule has 0 aromatic rings. The van der Waals surface area contributed by atoms with Crippen molar-refractivity contribution in [3.63, 3.8) is 0 Å². The van der Waals surface area contributed by atoms with Gasteiger partial charge < -0.3 is 19.8 Å². The van der Waals surface area contributed by atoms with Gasteiger partial charge in [-0.1, -0.05) is 12.2 Å². The predicted octanol–water partition coefficient (Wildman–Crippen LogP) is 2.39. The third-order valence-corrected chi connectivity index (χ3v) is 5.28. The molecular formula is C18H27NO4. The first-order valence-electron chi connectivity index (χ1n) is 8.49. The first-order chi connectivity index (χ1) is 10.7. The Kier molecular flexibility index (Phi) is 4.05. The Morgan fingerprint density at radius 1 is 1.30 bits per heavy atom. The van der Waals surface area contributed by atoms with E-state index in [1.54, 1.807) is 4.90 Å². The highest BCUT2D eigenvalue weighted by Gasteiger charge is 2.53. The number of carbonyl (C=O) groups excluding carboxylic acids is 1. The summed E-state index contributed by atoms with van der Waals surface area (Å²) in [4.78, 5) is 13.9. The van der Waals surface area contributed by atoms with Crippen LogP contribution >= 0.6 is 0 Å². The number of amides is 1. The van der Waals surface area contributed by atoms with Crippen molar-refractivity contribution in [1.82, 2.24) is 4.90 Å². The fourth-order valence-electron chi connectivity index (χ4n) is 4.11. The lowest BCUT2D eigenvalue weighted by Gasteiger charge is -2.43. The van der Waals surface area contributed by atoms with Crippen molar-refractivity contribution >= 4 is 6.09 Å². The van der Waals surface area contributed by atoms with E-state index in [4.69, 9.17) is 4.74 Å². The average molecular weight is 321 g/mol. The zero-order chi connectivity index (χ0) is 16.8. The second-order valence-electron chi connectivity index (χ2n) is 7.89. The number of carbonyl (C=O) groups is 1. The SMILES string of the molecule is CC(C)(C)OC(=O)N1CCC2(CC1)C1=C(CCC=C1)C(O)C2O. The molecule has 23 heavy (non-hydrogen) atoms. The Hall–Kier alpha value is -1.33. The first-order valence-corrected chi connectivity index (χ1v) is 8.49. The number of allylic oxidation sites excluding steroid dienone is 2. The zero-order valence-corrected chi connectivity index (χ0v) is 14.2. The van der Waals surface area contributed by atoms with E-state index < -0.39 is 23.2 Å². The number of rotatable bonds is 0. The van der Waals surface area contributed by atoms with Gasteiger partial charge in [0.15, 0.2) is 0 Å². The Bertz CT molecular complexity index is 550. The van der Waals surface area contributed by atoms with E-state index in [1.165, 1.54) is 0 Å². The Balaban J connectivity index is 1.74. The minimum Gasteiger partial charge on any atom is -0.444 e. The third-order valence-electron chi connectivity index (χ3n) is 5.28. The smallest absolute Gasteiger partial charge is 0.410 e. The van der Waals surface area contributed by atoms with Crippen LogP contribution in [0.25, 0.3) is 0 Å². The number of likely N-dealkylation sites (tertiary alicyclic amines) is 1. The second kappa shape index (κ2) is 5.64. The van der Waals surface area contributed by atoms with Crippen LogP contribution in [0.2, 0.25) is 0 Å². The normalized spacial score (nSPS) is 29.9. The monoisotopic (exact) mass is 321 g/mol. The van der Waals surface area contributed by atoms with Gasteiger partial charge in [-0.2, -0.15) is 0 Å². The minimum absolute atomic E-state index is 0.297. The van der Waals surface area contributed by atoms with Gasteiger partial charge in [0.1, 0.15) is 11.7 Å². The van der Waals surface area contributed by atoms with Crippen LogP contribution < -0.4 is 0 Å². The molecular weight excluding hydrogens is 294 g/mol. The molecule has 1 heterocycles. The standard InChI is InChI=1S/C18H27NO4/c1-17(2,3)23-16(22)19-10-8-18(9-11-19)13-7-5-4-6-12(13)14(20)15(18)21/h5,7,14-15,20-21H,4,6,8-11H2,1-3H3. The maximum absolute atomic E-state index is 12.2. The number of aliphatic hydroxyl groups excluding tert-OH is 2. The van der Waals surface area contributed by atoms with Crippen molar-refractivity contribution in [2.24, 2.45) is 5.41 Å². The molecule has 0 saturated carbocycles. The van der Waals surface area contributed by atoms with Crippen LogP contribution in [-0.2, 0) is 4.74 Å². The molecule has 2 atom stereocenters. The molecule has 2 unspecified atom stereocenters. The molecule has 0 bridgehead atoms. The summed E-state index contributed by atoms with van der Waals surface area (Å²) in [5.41, 5.74) is 1.18. The van der Waals surface area contributed by atoms with Crippen LogP contribution in [0, 0.1) is 5.41 Å². The minimum atomic E-state index is -0.768. The maximum Gasteiger partial charge on any atom is 0.410 e. The Morgan fingerprint density at radius 3 is 2.57 bits per heavy atom. The van der Waals surface area contributed by atoms with Crippen LogP contribution in [0.15, 0.2) is 23.3 Å². The predicted molar refractivity (Wildman–Crippen MR) is 86.9 cm³/mol. The largest absolute Gasteiger partial charge is 0.444 e. The zero-order valence-electron chi connectivity index (χ0n) is 14.2. The van der Waals surface area contributed by atoms with Crippen LogP contribution in [0.1, 0.15) is 46.5 Å². The van der Waals surface area contributed by atoms with Gasteiger partial charge in [-0.25, -0.2) is 4.79 Å². The number of hydrogen-bond acceptors (Lipinski definition) is 4. The molecule has 1 saturated heterocycles. The van der Waals surface area contributed by atoms with E-state index in [0.717, 1.165) is 24.0 Å². The summed E-state index contributed by atoms with van der Waals surface area (Å²) in [7, 11) is 0. The van der Waals surface area contributed by atoms with Gasteiger partial charge in [-0.3, -0.25) is 0 Å². The molecule has 2 aliphatic carbocycles. The Labute approximate surface area is 137 Å². The summed E-state index contributed by atoms with van der Waals surface area (Å²) in [5, 5.41) is 21.0. The molecule has 1 aliphatic heterocycles. The van der Waals surface area contributed by atoms with Gasteiger partial charge in [0.2, 0.25) is 0 Å². The number of nitrogens with zero attached hydrogens (tertiary/aromatic N) is 1. The van der Waals surface area contributed by atoms with Crippen LogP contribution in [0.3, 0.4) is 0 Å². The number of aliphatic hydroxyl groups is 2. The van der Waals surface area contributed by atoms with Crippen molar-refractivity contribution in [3.05, 3.63) is 23.3 Å². The summed E-state index contributed by atoms with van der Waals surface area (Å²) < 4.78 is 5.43. The average Bonchev–Trinajstić information content (AvgIpc) is 2.70. The fraction of sp³-hybridized carbons (Fsp3) is 0.722. The van der Waals surface area contributed by atoms with Gasteiger partial charge in [-0.15, -0.1) is 0 Å². The van der Waals surface area contributed by atoms with Crippen LogP contribution in [-0.4, -0.2) is 52.1 Å². The van der Waals surface area contributed by atoms with E-state index >= 15 is 0 Å². The van der Waals surface area contributed by atoms with E-state index in [1.807, 2.05) is 20.8 Å². The molecule has 128 valence electrons. The topological polar surface area (TPSA) is 70.0 Å². The van der Waals surface area contributed by atoms with Crippen molar-refractivity contribution < 1.29 is 19.7 Å². The van der Waals surface area contributed by atoms with Gasteiger partial charge in [0.05, 0.1) is 6.10 Å². The summed E-state index contributed by atoms with van der Waals surface area (Å²) in [6, 6.07) is 0. The summed E-state index contributed by atoms with van der Waals surface area (Å²) >= 11 is 0. The fourth-order valence-corrected chi connectivity index (χ4v) is 4.11. The number of hydrogen-bond donors (Lipinski definition) is 2. The second-order valence-corrected chi connectivity index (χ2v) is 7.89. The maximum atomic E-state index is 12.2. The van der Waals surface area contributed by atoms with Crippen molar-refractivity contribution in [3.8, 4) is 0 Å². The lowest BCUT2D eigenvalue weighted by molar-refractivity contribution is -0.0453. The third kappa shape index (κ3) is 2.81. The molecule has 1 spiro atoms. The Morgan fingerprint density at radius 2 is 1.96 bits per heavy atom. The molecule has 2 N–H and O–H groups in total. The van der Waals surface area contributed by atoms with E-state index in [0.29, 0.717) is 25.9 Å². The number of fused-ring (bicyclic) bond motifs is 1. The molecule has 1 amide bonds. The summed E-state index contributed by atoms with van der Waals surface area (Å²) in [6.45, 7) is 6.67. The van der Waals surface area contributed by atoms with Gasteiger partial charge in [0.25, 0.3) is 0 Å². The highest BCUT2D eigenvalue weighted by atomic mass is 16.6. The van der Waals surface area contributed by atoms with Crippen molar-refractivity contribution in [1.29, 1.82) is 0 Å². The molecule has 0 aromatic carbocycles. The van der Waals surface area contributed by atoms with E-state index in [9.17, 15) is 15.0 Å². The van der Waals surface area contributed by atoms with E-state index in [2.05, 4.69) is 12.2 Å². The van der Waals surface area contributed by atoms with Crippen LogP contribution in [0.4, 0.5) is 4.79 Å². The molecule has 1 fully saturated rings. The number of piperidine rings is 1. The molecule has 0 aromatic heterocycles.